The van der Waals surface area contributed by atoms with E-state index in [4.69, 9.17) is 4.52 Å². The summed E-state index contributed by atoms with van der Waals surface area (Å²) in [5.74, 6) is 0.888. The SMILES string of the molecule is CCNc1ncnc(NCc2cc(C)no2)c1[N+](=O)[O-]. The second-order valence-corrected chi connectivity index (χ2v) is 4.00. The Kier molecular flexibility index (Phi) is 4.08. The van der Waals surface area contributed by atoms with Gasteiger partial charge in [0.25, 0.3) is 0 Å². The minimum atomic E-state index is -0.522. The van der Waals surface area contributed by atoms with Gasteiger partial charge in [-0.25, -0.2) is 9.97 Å². The fraction of sp³-hybridized carbons (Fsp3) is 0.364. The molecule has 0 aliphatic rings. The molecule has 0 saturated carbocycles. The van der Waals surface area contributed by atoms with Gasteiger partial charge in [0, 0.05) is 12.6 Å². The summed E-state index contributed by atoms with van der Waals surface area (Å²) in [6, 6.07) is 1.74. The first kappa shape index (κ1) is 13.7. The molecule has 0 atom stereocenters. The van der Waals surface area contributed by atoms with Crippen LogP contribution in [-0.2, 0) is 6.54 Å². The first-order chi connectivity index (χ1) is 9.61. The van der Waals surface area contributed by atoms with E-state index in [9.17, 15) is 10.1 Å². The van der Waals surface area contributed by atoms with Gasteiger partial charge in [0.1, 0.15) is 6.33 Å². The van der Waals surface area contributed by atoms with Crippen LogP contribution in [0.2, 0.25) is 0 Å². The van der Waals surface area contributed by atoms with Gasteiger partial charge in [0.05, 0.1) is 17.2 Å². The van der Waals surface area contributed by atoms with Crippen LogP contribution in [0.5, 0.6) is 0 Å². The van der Waals surface area contributed by atoms with Gasteiger partial charge in [-0.3, -0.25) is 10.1 Å². The van der Waals surface area contributed by atoms with Crippen molar-refractivity contribution >= 4 is 17.3 Å². The third-order valence-corrected chi connectivity index (χ3v) is 2.46. The maximum absolute atomic E-state index is 11.1. The molecule has 2 aromatic heterocycles. The number of anilines is 2. The van der Waals surface area contributed by atoms with Crippen LogP contribution in [0.15, 0.2) is 16.9 Å². The number of nitrogens with one attached hydrogen (secondary N) is 2. The Labute approximate surface area is 114 Å². The normalized spacial score (nSPS) is 10.3. The molecule has 0 amide bonds. The Balaban J connectivity index is 2.22. The maximum Gasteiger partial charge on any atom is 0.353 e. The molecule has 20 heavy (non-hydrogen) atoms. The topological polar surface area (TPSA) is 119 Å². The van der Waals surface area contributed by atoms with Gasteiger partial charge in [-0.1, -0.05) is 5.16 Å². The molecule has 0 bridgehead atoms. The smallest absolute Gasteiger partial charge is 0.353 e. The Morgan fingerprint density at radius 3 is 2.60 bits per heavy atom. The second-order valence-electron chi connectivity index (χ2n) is 4.00. The van der Waals surface area contributed by atoms with Gasteiger partial charge in [-0.05, 0) is 13.8 Å². The lowest BCUT2D eigenvalue weighted by molar-refractivity contribution is -0.383. The number of hydrogen-bond acceptors (Lipinski definition) is 8. The monoisotopic (exact) mass is 278 g/mol. The van der Waals surface area contributed by atoms with Gasteiger partial charge < -0.3 is 15.2 Å². The largest absolute Gasteiger partial charge is 0.364 e. The van der Waals surface area contributed by atoms with Crippen LogP contribution in [0, 0.1) is 17.0 Å². The predicted octanol–water partition coefficient (Wildman–Crippen LogP) is 1.73. The molecule has 0 saturated heterocycles. The molecule has 0 unspecified atom stereocenters. The van der Waals surface area contributed by atoms with Crippen LogP contribution >= 0.6 is 0 Å². The Morgan fingerprint density at radius 1 is 1.35 bits per heavy atom. The van der Waals surface area contributed by atoms with Crippen molar-refractivity contribution in [3.63, 3.8) is 0 Å². The minimum Gasteiger partial charge on any atom is -0.364 e. The number of nitrogens with zero attached hydrogens (tertiary/aromatic N) is 4. The van der Waals surface area contributed by atoms with E-state index in [0.29, 0.717) is 12.3 Å². The molecule has 0 fully saturated rings. The highest BCUT2D eigenvalue weighted by molar-refractivity contribution is 5.69. The summed E-state index contributed by atoms with van der Waals surface area (Å²) in [7, 11) is 0. The molecule has 0 radical (unpaired) electrons. The number of nitro groups is 1. The molecule has 2 N–H and O–H groups in total. The highest BCUT2D eigenvalue weighted by Crippen LogP contribution is 2.28. The fourth-order valence-electron chi connectivity index (χ4n) is 1.65. The molecule has 2 rings (SSSR count). The lowest BCUT2D eigenvalue weighted by Gasteiger charge is -2.07. The van der Waals surface area contributed by atoms with E-state index < -0.39 is 4.92 Å². The Hall–Kier alpha value is -2.71. The first-order valence-electron chi connectivity index (χ1n) is 6.01. The molecule has 0 aromatic carbocycles. The quantitative estimate of drug-likeness (QED) is 0.605. The van der Waals surface area contributed by atoms with Crippen molar-refractivity contribution in [2.75, 3.05) is 17.2 Å². The van der Waals surface area contributed by atoms with E-state index >= 15 is 0 Å². The van der Waals surface area contributed by atoms with Crippen molar-refractivity contribution < 1.29 is 9.45 Å². The van der Waals surface area contributed by atoms with Crippen LogP contribution in [0.4, 0.5) is 17.3 Å². The molecular formula is C11H14N6O3. The molecular weight excluding hydrogens is 264 g/mol. The summed E-state index contributed by atoms with van der Waals surface area (Å²) in [4.78, 5) is 18.4. The third-order valence-electron chi connectivity index (χ3n) is 2.46. The van der Waals surface area contributed by atoms with E-state index in [-0.39, 0.29) is 23.9 Å². The zero-order valence-corrected chi connectivity index (χ0v) is 11.1. The zero-order valence-electron chi connectivity index (χ0n) is 11.1. The molecule has 0 aliphatic heterocycles. The zero-order chi connectivity index (χ0) is 14.5. The van der Waals surface area contributed by atoms with Crippen molar-refractivity contribution in [2.45, 2.75) is 20.4 Å². The third kappa shape index (κ3) is 2.99. The molecule has 2 aromatic rings. The number of rotatable bonds is 6. The summed E-state index contributed by atoms with van der Waals surface area (Å²) in [6.45, 7) is 4.41. The number of aromatic nitrogens is 3. The Bertz CT molecular complexity index is 612. The summed E-state index contributed by atoms with van der Waals surface area (Å²) >= 11 is 0. The van der Waals surface area contributed by atoms with Crippen LogP contribution in [0.25, 0.3) is 0 Å². The highest BCUT2D eigenvalue weighted by Gasteiger charge is 2.22. The number of aryl methyl sites for hydroxylation is 1. The van der Waals surface area contributed by atoms with Gasteiger partial charge in [-0.15, -0.1) is 0 Å². The van der Waals surface area contributed by atoms with Crippen LogP contribution < -0.4 is 10.6 Å². The van der Waals surface area contributed by atoms with Crippen molar-refractivity contribution in [3.8, 4) is 0 Å². The van der Waals surface area contributed by atoms with E-state index in [1.165, 1.54) is 6.33 Å². The molecule has 2 heterocycles. The van der Waals surface area contributed by atoms with E-state index in [0.717, 1.165) is 5.69 Å². The predicted molar refractivity (Wildman–Crippen MR) is 71.4 cm³/mol. The van der Waals surface area contributed by atoms with Gasteiger partial charge in [0.15, 0.2) is 5.76 Å². The van der Waals surface area contributed by atoms with E-state index in [1.807, 2.05) is 6.92 Å². The van der Waals surface area contributed by atoms with E-state index in [2.05, 4.69) is 25.8 Å². The van der Waals surface area contributed by atoms with Crippen LogP contribution in [-0.4, -0.2) is 26.6 Å². The van der Waals surface area contributed by atoms with E-state index in [1.54, 1.807) is 13.0 Å². The second kappa shape index (κ2) is 5.95. The van der Waals surface area contributed by atoms with Crippen LogP contribution in [0.3, 0.4) is 0 Å². The van der Waals surface area contributed by atoms with Gasteiger partial charge >= 0.3 is 5.69 Å². The minimum absolute atomic E-state index is 0.134. The van der Waals surface area contributed by atoms with Crippen molar-refractivity contribution in [3.05, 3.63) is 34.0 Å². The standard InChI is InChI=1S/C11H14N6O3/c1-3-12-10-9(17(18)19)11(15-6-14-10)13-5-8-4-7(2)16-20-8/h4,6H,3,5H2,1-2H3,(H2,12,13,14,15). The lowest BCUT2D eigenvalue weighted by atomic mass is 10.3. The fourth-order valence-corrected chi connectivity index (χ4v) is 1.65. The number of hydrogen-bond donors (Lipinski definition) is 2. The van der Waals surface area contributed by atoms with Crippen molar-refractivity contribution in [1.29, 1.82) is 0 Å². The van der Waals surface area contributed by atoms with Gasteiger partial charge in [-0.2, -0.15) is 0 Å². The maximum atomic E-state index is 11.1. The highest BCUT2D eigenvalue weighted by atomic mass is 16.6. The van der Waals surface area contributed by atoms with Crippen molar-refractivity contribution in [1.82, 2.24) is 15.1 Å². The van der Waals surface area contributed by atoms with Crippen LogP contribution in [0.1, 0.15) is 18.4 Å². The summed E-state index contributed by atoms with van der Waals surface area (Å²) in [6.07, 6.45) is 1.26. The average molecular weight is 278 g/mol. The summed E-state index contributed by atoms with van der Waals surface area (Å²) in [5, 5.41) is 20.6. The van der Waals surface area contributed by atoms with Crippen molar-refractivity contribution in [2.24, 2.45) is 0 Å². The van der Waals surface area contributed by atoms with Gasteiger partial charge in [0.2, 0.25) is 11.6 Å². The Morgan fingerprint density at radius 2 is 2.05 bits per heavy atom. The molecule has 9 heteroatoms. The summed E-state index contributed by atoms with van der Waals surface area (Å²) in [5.41, 5.74) is 0.554. The summed E-state index contributed by atoms with van der Waals surface area (Å²) < 4.78 is 5.02. The lowest BCUT2D eigenvalue weighted by Crippen LogP contribution is -2.09. The first-order valence-corrected chi connectivity index (χ1v) is 6.01. The molecule has 9 nitrogen and oxygen atoms in total. The molecule has 0 spiro atoms. The average Bonchev–Trinajstić information content (AvgIpc) is 2.82. The molecule has 0 aliphatic carbocycles. The molecule has 106 valence electrons.